The fraction of sp³-hybridized carbons (Fsp3) is 0.500. The van der Waals surface area contributed by atoms with Gasteiger partial charge in [0.25, 0.3) is 0 Å². The van der Waals surface area contributed by atoms with Crippen molar-refractivity contribution in [3.8, 4) is 0 Å². The molecule has 0 aromatic carbocycles. The lowest BCUT2D eigenvalue weighted by molar-refractivity contribution is 0.723. The van der Waals surface area contributed by atoms with Crippen LogP contribution in [0.5, 0.6) is 0 Å². The first-order chi connectivity index (χ1) is 7.13. The molecule has 2 aromatic rings. The van der Waals surface area contributed by atoms with Crippen molar-refractivity contribution in [1.29, 1.82) is 0 Å². The van der Waals surface area contributed by atoms with Gasteiger partial charge in [0.05, 0.1) is 5.69 Å². The Morgan fingerprint density at radius 2 is 2.07 bits per heavy atom. The molecule has 0 fully saturated rings. The van der Waals surface area contributed by atoms with Crippen LogP contribution in [-0.4, -0.2) is 14.8 Å². The lowest BCUT2D eigenvalue weighted by atomic mass is 10.1. The fourth-order valence-corrected chi connectivity index (χ4v) is 1.82. The number of aromatic nitrogens is 3. The van der Waals surface area contributed by atoms with Crippen LogP contribution in [-0.2, 0) is 13.5 Å². The van der Waals surface area contributed by atoms with Crippen LogP contribution >= 0.6 is 0 Å². The smallest absolute Gasteiger partial charge is 0.158 e. The van der Waals surface area contributed by atoms with E-state index in [0.29, 0.717) is 5.92 Å². The van der Waals surface area contributed by atoms with Crippen LogP contribution in [0, 0.1) is 0 Å². The van der Waals surface area contributed by atoms with Gasteiger partial charge in [-0.05, 0) is 24.5 Å². The summed E-state index contributed by atoms with van der Waals surface area (Å²) in [5.74, 6) is 0.447. The molecule has 0 radical (unpaired) electrons. The molecular formula is C12H17N3. The van der Waals surface area contributed by atoms with Gasteiger partial charge < -0.3 is 0 Å². The predicted molar refractivity (Wildman–Crippen MR) is 62.0 cm³/mol. The second-order valence-corrected chi connectivity index (χ2v) is 4.19. The van der Waals surface area contributed by atoms with Crippen molar-refractivity contribution in [2.75, 3.05) is 0 Å². The molecule has 0 saturated heterocycles. The molecule has 2 aromatic heterocycles. The second kappa shape index (κ2) is 3.65. The molecule has 0 aliphatic carbocycles. The van der Waals surface area contributed by atoms with Crippen LogP contribution in [0.4, 0.5) is 0 Å². The van der Waals surface area contributed by atoms with E-state index in [4.69, 9.17) is 0 Å². The van der Waals surface area contributed by atoms with E-state index in [0.717, 1.165) is 23.5 Å². The Labute approximate surface area is 90.1 Å². The molecule has 0 amide bonds. The molecule has 3 nitrogen and oxygen atoms in total. The Kier molecular flexibility index (Phi) is 2.47. The van der Waals surface area contributed by atoms with Crippen molar-refractivity contribution in [2.45, 2.75) is 33.1 Å². The minimum Gasteiger partial charge on any atom is -0.250 e. The number of hydrogen-bond acceptors (Lipinski definition) is 2. The summed E-state index contributed by atoms with van der Waals surface area (Å²) in [7, 11) is 1.96. The van der Waals surface area contributed by atoms with Crippen LogP contribution < -0.4 is 0 Å². The molecule has 0 atom stereocenters. The van der Waals surface area contributed by atoms with Crippen molar-refractivity contribution in [1.82, 2.24) is 14.8 Å². The molecule has 0 spiro atoms. The van der Waals surface area contributed by atoms with Gasteiger partial charge in [-0.2, -0.15) is 5.10 Å². The zero-order chi connectivity index (χ0) is 11.0. The zero-order valence-corrected chi connectivity index (χ0v) is 9.78. The third-order valence-corrected chi connectivity index (χ3v) is 2.68. The Hall–Kier alpha value is -1.38. The Morgan fingerprint density at radius 1 is 1.33 bits per heavy atom. The number of aryl methyl sites for hydroxylation is 2. The average Bonchev–Trinajstić information content (AvgIpc) is 2.56. The minimum atomic E-state index is 0.447. The van der Waals surface area contributed by atoms with Gasteiger partial charge in [0.1, 0.15) is 0 Å². The standard InChI is InChI=1S/C12H17N3/c1-5-9-6-7-10-11(8(2)3)14-15(4)12(10)13-9/h6-8H,5H2,1-4H3. The fourth-order valence-electron chi connectivity index (χ4n) is 1.82. The van der Waals surface area contributed by atoms with Gasteiger partial charge in [-0.25, -0.2) is 4.98 Å². The average molecular weight is 203 g/mol. The molecule has 3 heteroatoms. The lowest BCUT2D eigenvalue weighted by Crippen LogP contribution is -1.95. The normalized spacial score (nSPS) is 11.5. The molecule has 0 N–H and O–H groups in total. The summed E-state index contributed by atoms with van der Waals surface area (Å²) in [6.45, 7) is 6.44. The van der Waals surface area contributed by atoms with E-state index >= 15 is 0 Å². The van der Waals surface area contributed by atoms with E-state index in [-0.39, 0.29) is 0 Å². The number of hydrogen-bond donors (Lipinski definition) is 0. The molecular weight excluding hydrogens is 186 g/mol. The predicted octanol–water partition coefficient (Wildman–Crippen LogP) is 2.65. The Balaban J connectivity index is 2.69. The summed E-state index contributed by atoms with van der Waals surface area (Å²) >= 11 is 0. The van der Waals surface area contributed by atoms with Crippen molar-refractivity contribution in [3.05, 3.63) is 23.5 Å². The minimum absolute atomic E-state index is 0.447. The van der Waals surface area contributed by atoms with Crippen LogP contribution in [0.3, 0.4) is 0 Å². The largest absolute Gasteiger partial charge is 0.250 e. The number of pyridine rings is 1. The van der Waals surface area contributed by atoms with Crippen LogP contribution in [0.25, 0.3) is 11.0 Å². The summed E-state index contributed by atoms with van der Waals surface area (Å²) in [6, 6.07) is 4.24. The van der Waals surface area contributed by atoms with Crippen LogP contribution in [0.2, 0.25) is 0 Å². The maximum atomic E-state index is 4.60. The van der Waals surface area contributed by atoms with Crippen molar-refractivity contribution in [3.63, 3.8) is 0 Å². The van der Waals surface area contributed by atoms with Gasteiger partial charge in [-0.15, -0.1) is 0 Å². The first-order valence-electron chi connectivity index (χ1n) is 5.46. The van der Waals surface area contributed by atoms with E-state index in [2.05, 4.69) is 43.0 Å². The van der Waals surface area contributed by atoms with Gasteiger partial charge in [0, 0.05) is 18.1 Å². The summed E-state index contributed by atoms with van der Waals surface area (Å²) in [4.78, 5) is 4.60. The third-order valence-electron chi connectivity index (χ3n) is 2.68. The Bertz CT molecular complexity index is 483. The van der Waals surface area contributed by atoms with E-state index in [9.17, 15) is 0 Å². The molecule has 2 rings (SSSR count). The first kappa shape index (κ1) is 10.1. The number of fused-ring (bicyclic) bond motifs is 1. The van der Waals surface area contributed by atoms with Crippen molar-refractivity contribution >= 4 is 11.0 Å². The van der Waals surface area contributed by atoms with E-state index in [1.165, 1.54) is 5.39 Å². The summed E-state index contributed by atoms with van der Waals surface area (Å²) in [6.07, 6.45) is 0.970. The highest BCUT2D eigenvalue weighted by Gasteiger charge is 2.12. The monoisotopic (exact) mass is 203 g/mol. The molecule has 2 heterocycles. The summed E-state index contributed by atoms with van der Waals surface area (Å²) in [5, 5.41) is 5.70. The molecule has 0 unspecified atom stereocenters. The molecule has 0 aliphatic rings. The maximum Gasteiger partial charge on any atom is 0.158 e. The Morgan fingerprint density at radius 3 is 2.67 bits per heavy atom. The third kappa shape index (κ3) is 1.62. The highest BCUT2D eigenvalue weighted by atomic mass is 15.3. The maximum absolute atomic E-state index is 4.60. The summed E-state index contributed by atoms with van der Waals surface area (Å²) in [5.41, 5.74) is 3.27. The van der Waals surface area contributed by atoms with E-state index in [1.54, 1.807) is 0 Å². The topological polar surface area (TPSA) is 30.7 Å². The summed E-state index contributed by atoms with van der Waals surface area (Å²) < 4.78 is 1.88. The molecule has 0 bridgehead atoms. The van der Waals surface area contributed by atoms with Gasteiger partial charge >= 0.3 is 0 Å². The van der Waals surface area contributed by atoms with Crippen LogP contribution in [0.15, 0.2) is 12.1 Å². The quantitative estimate of drug-likeness (QED) is 0.751. The number of nitrogens with zero attached hydrogens (tertiary/aromatic N) is 3. The number of rotatable bonds is 2. The lowest BCUT2D eigenvalue weighted by Gasteiger charge is -2.00. The van der Waals surface area contributed by atoms with Crippen molar-refractivity contribution < 1.29 is 0 Å². The van der Waals surface area contributed by atoms with Crippen molar-refractivity contribution in [2.24, 2.45) is 7.05 Å². The van der Waals surface area contributed by atoms with E-state index < -0.39 is 0 Å². The molecule has 0 aliphatic heterocycles. The molecule has 15 heavy (non-hydrogen) atoms. The highest BCUT2D eigenvalue weighted by molar-refractivity contribution is 5.79. The molecule has 80 valence electrons. The zero-order valence-electron chi connectivity index (χ0n) is 9.78. The first-order valence-corrected chi connectivity index (χ1v) is 5.46. The van der Waals surface area contributed by atoms with Gasteiger partial charge in [0.2, 0.25) is 0 Å². The van der Waals surface area contributed by atoms with Crippen LogP contribution in [0.1, 0.15) is 38.1 Å². The van der Waals surface area contributed by atoms with E-state index in [1.807, 2.05) is 11.7 Å². The van der Waals surface area contributed by atoms with Gasteiger partial charge in [-0.3, -0.25) is 4.68 Å². The molecule has 0 saturated carbocycles. The highest BCUT2D eigenvalue weighted by Crippen LogP contribution is 2.23. The van der Waals surface area contributed by atoms with Gasteiger partial charge in [-0.1, -0.05) is 20.8 Å². The van der Waals surface area contributed by atoms with Gasteiger partial charge in [0.15, 0.2) is 5.65 Å². The second-order valence-electron chi connectivity index (χ2n) is 4.19. The SMILES string of the molecule is CCc1ccc2c(C(C)C)nn(C)c2n1.